The smallest absolute Gasteiger partial charge is 0.408 e. The lowest BCUT2D eigenvalue weighted by molar-refractivity contribution is -0.384. The molecule has 0 amide bonds. The molecule has 5 rings (SSSR count). The molecule has 0 atom stereocenters. The van der Waals surface area contributed by atoms with Crippen molar-refractivity contribution in [3.8, 4) is 5.69 Å². The minimum atomic E-state index is -0.529. The zero-order valence-electron chi connectivity index (χ0n) is 16.6. The standard InChI is InChI=1S/C21H16N6O4S/c28-21-25(17-11-15(27(29)30)7-8-18(17)31-21)9-4-10-32-20-16-12-24-26(19(16)22-13-23-20)14-5-2-1-3-6-14/h1-3,5-8,11-13H,4,9-10H2. The molecule has 0 bridgehead atoms. The first-order chi connectivity index (χ1) is 15.6. The summed E-state index contributed by atoms with van der Waals surface area (Å²) in [4.78, 5) is 31.5. The topological polar surface area (TPSA) is 122 Å². The average Bonchev–Trinajstić information content (AvgIpc) is 3.38. The van der Waals surface area contributed by atoms with Crippen LogP contribution in [-0.2, 0) is 6.54 Å². The van der Waals surface area contributed by atoms with Gasteiger partial charge >= 0.3 is 5.76 Å². The number of para-hydroxylation sites is 1. The minimum Gasteiger partial charge on any atom is -0.408 e. The van der Waals surface area contributed by atoms with Gasteiger partial charge in [0.15, 0.2) is 11.2 Å². The monoisotopic (exact) mass is 448 g/mol. The molecule has 3 heterocycles. The van der Waals surface area contributed by atoms with Gasteiger partial charge < -0.3 is 4.42 Å². The molecular formula is C21H16N6O4S. The highest BCUT2D eigenvalue weighted by molar-refractivity contribution is 7.99. The highest BCUT2D eigenvalue weighted by atomic mass is 32.2. The first kappa shape index (κ1) is 19.9. The number of rotatable bonds is 7. The van der Waals surface area contributed by atoms with Crippen molar-refractivity contribution in [1.29, 1.82) is 0 Å². The highest BCUT2D eigenvalue weighted by Gasteiger charge is 2.15. The predicted octanol–water partition coefficient (Wildman–Crippen LogP) is 3.81. The van der Waals surface area contributed by atoms with Crippen LogP contribution < -0.4 is 5.76 Å². The maximum atomic E-state index is 12.2. The Kier molecular flexibility index (Phi) is 5.15. The van der Waals surface area contributed by atoms with Gasteiger partial charge in [0.25, 0.3) is 5.69 Å². The van der Waals surface area contributed by atoms with Crippen LogP contribution in [-0.4, -0.2) is 35.0 Å². The molecule has 0 saturated heterocycles. The van der Waals surface area contributed by atoms with E-state index in [1.165, 1.54) is 29.1 Å². The third-order valence-corrected chi connectivity index (χ3v) is 6.05. The lowest BCUT2D eigenvalue weighted by Gasteiger charge is -2.05. The van der Waals surface area contributed by atoms with E-state index in [2.05, 4.69) is 15.1 Å². The number of oxazole rings is 1. The van der Waals surface area contributed by atoms with Crippen molar-refractivity contribution in [2.45, 2.75) is 18.0 Å². The molecule has 0 aliphatic carbocycles. The third-order valence-electron chi connectivity index (χ3n) is 4.96. The first-order valence-corrected chi connectivity index (χ1v) is 10.7. The van der Waals surface area contributed by atoms with Gasteiger partial charge in [-0.25, -0.2) is 19.4 Å². The predicted molar refractivity (Wildman–Crippen MR) is 119 cm³/mol. The van der Waals surface area contributed by atoms with E-state index in [0.717, 1.165) is 21.7 Å². The van der Waals surface area contributed by atoms with Crippen molar-refractivity contribution < 1.29 is 9.34 Å². The molecule has 0 unspecified atom stereocenters. The fraction of sp³-hybridized carbons (Fsp3) is 0.143. The quantitative estimate of drug-likeness (QED) is 0.121. The number of hydrogen-bond donors (Lipinski definition) is 0. The van der Waals surface area contributed by atoms with Gasteiger partial charge in [-0.3, -0.25) is 14.7 Å². The lowest BCUT2D eigenvalue weighted by Crippen LogP contribution is -2.14. The van der Waals surface area contributed by atoms with Gasteiger partial charge in [0.1, 0.15) is 11.4 Å². The lowest BCUT2D eigenvalue weighted by atomic mass is 10.3. The van der Waals surface area contributed by atoms with E-state index in [4.69, 9.17) is 4.42 Å². The molecule has 5 aromatic rings. The highest BCUT2D eigenvalue weighted by Crippen LogP contribution is 2.26. The van der Waals surface area contributed by atoms with E-state index >= 15 is 0 Å². The van der Waals surface area contributed by atoms with Crippen LogP contribution in [0.5, 0.6) is 0 Å². The van der Waals surface area contributed by atoms with Crippen LogP contribution in [0.1, 0.15) is 6.42 Å². The molecule has 11 heteroatoms. The zero-order chi connectivity index (χ0) is 22.1. The number of benzene rings is 2. The van der Waals surface area contributed by atoms with Gasteiger partial charge in [-0.1, -0.05) is 18.2 Å². The van der Waals surface area contributed by atoms with Crippen LogP contribution in [0.2, 0.25) is 0 Å². The van der Waals surface area contributed by atoms with Crippen molar-refractivity contribution in [2.75, 3.05) is 5.75 Å². The number of non-ortho nitro benzene ring substituents is 1. The van der Waals surface area contributed by atoms with Crippen molar-refractivity contribution in [3.63, 3.8) is 0 Å². The van der Waals surface area contributed by atoms with E-state index in [1.54, 1.807) is 22.6 Å². The molecule has 160 valence electrons. The third kappa shape index (κ3) is 3.62. The molecule has 0 saturated carbocycles. The second-order valence-electron chi connectivity index (χ2n) is 6.94. The SMILES string of the molecule is O=c1oc2ccc([N+](=O)[O-])cc2n1CCCSc1ncnc2c1cnn2-c1ccccc1. The van der Waals surface area contributed by atoms with Crippen LogP contribution >= 0.6 is 11.8 Å². The number of thioether (sulfide) groups is 1. The van der Waals surface area contributed by atoms with Crippen LogP contribution in [0.3, 0.4) is 0 Å². The second kappa shape index (κ2) is 8.27. The largest absolute Gasteiger partial charge is 0.419 e. The molecule has 0 fully saturated rings. The molecule has 0 aliphatic rings. The van der Waals surface area contributed by atoms with Gasteiger partial charge in [0.2, 0.25) is 0 Å². The fourth-order valence-corrected chi connectivity index (χ4v) is 4.35. The van der Waals surface area contributed by atoms with Crippen LogP contribution in [0.25, 0.3) is 27.8 Å². The summed E-state index contributed by atoms with van der Waals surface area (Å²) in [6.07, 6.45) is 3.90. The Morgan fingerprint density at radius 3 is 2.78 bits per heavy atom. The maximum Gasteiger partial charge on any atom is 0.419 e. The Hall–Kier alpha value is -3.99. The molecule has 2 aromatic carbocycles. The Morgan fingerprint density at radius 1 is 1.12 bits per heavy atom. The Balaban J connectivity index is 1.32. The van der Waals surface area contributed by atoms with E-state index in [-0.39, 0.29) is 5.69 Å². The van der Waals surface area contributed by atoms with Crippen LogP contribution in [0, 0.1) is 10.1 Å². The van der Waals surface area contributed by atoms with Gasteiger partial charge in [-0.2, -0.15) is 5.10 Å². The summed E-state index contributed by atoms with van der Waals surface area (Å²) >= 11 is 1.54. The number of hydrogen-bond acceptors (Lipinski definition) is 8. The van der Waals surface area contributed by atoms with E-state index in [0.29, 0.717) is 29.8 Å². The average molecular weight is 448 g/mol. The van der Waals surface area contributed by atoms with Crippen molar-refractivity contribution in [1.82, 2.24) is 24.3 Å². The first-order valence-electron chi connectivity index (χ1n) is 9.76. The summed E-state index contributed by atoms with van der Waals surface area (Å²) in [7, 11) is 0. The molecule has 0 aliphatic heterocycles. The van der Waals surface area contributed by atoms with E-state index in [9.17, 15) is 14.9 Å². The number of fused-ring (bicyclic) bond motifs is 2. The Morgan fingerprint density at radius 2 is 1.97 bits per heavy atom. The van der Waals surface area contributed by atoms with E-state index in [1.807, 2.05) is 30.3 Å². The van der Waals surface area contributed by atoms with Crippen LogP contribution in [0.15, 0.2) is 75.3 Å². The number of nitro benzene ring substituents is 1. The Bertz CT molecular complexity index is 1490. The molecule has 0 N–H and O–H groups in total. The number of aryl methyl sites for hydroxylation is 1. The summed E-state index contributed by atoms with van der Waals surface area (Å²) in [6, 6.07) is 13.9. The zero-order valence-corrected chi connectivity index (χ0v) is 17.4. The summed E-state index contributed by atoms with van der Waals surface area (Å²) in [6.45, 7) is 0.373. The van der Waals surface area contributed by atoms with Gasteiger partial charge in [-0.05, 0) is 24.6 Å². The minimum absolute atomic E-state index is 0.0831. The molecule has 10 nitrogen and oxygen atoms in total. The van der Waals surface area contributed by atoms with Gasteiger partial charge in [0, 0.05) is 24.4 Å². The number of nitro groups is 1. The number of aromatic nitrogens is 5. The van der Waals surface area contributed by atoms with E-state index < -0.39 is 10.7 Å². The second-order valence-corrected chi connectivity index (χ2v) is 8.02. The van der Waals surface area contributed by atoms with Gasteiger partial charge in [0.05, 0.1) is 27.7 Å². The summed E-state index contributed by atoms with van der Waals surface area (Å²) in [5, 5.41) is 17.1. The fourth-order valence-electron chi connectivity index (χ4n) is 3.46. The maximum absolute atomic E-state index is 12.2. The summed E-state index contributed by atoms with van der Waals surface area (Å²) in [5.41, 5.74) is 2.30. The van der Waals surface area contributed by atoms with Crippen molar-refractivity contribution in [3.05, 3.63) is 81.7 Å². The molecule has 32 heavy (non-hydrogen) atoms. The molecule has 0 radical (unpaired) electrons. The van der Waals surface area contributed by atoms with Gasteiger partial charge in [-0.15, -0.1) is 11.8 Å². The molecule has 3 aromatic heterocycles. The normalized spacial score (nSPS) is 11.4. The summed E-state index contributed by atoms with van der Waals surface area (Å²) < 4.78 is 8.39. The number of nitrogens with zero attached hydrogens (tertiary/aromatic N) is 6. The molecule has 0 spiro atoms. The van der Waals surface area contributed by atoms with Crippen molar-refractivity contribution in [2.24, 2.45) is 0 Å². The Labute approximate surface area is 184 Å². The van der Waals surface area contributed by atoms with Crippen LogP contribution in [0.4, 0.5) is 5.69 Å². The molecular weight excluding hydrogens is 432 g/mol. The van der Waals surface area contributed by atoms with Crippen molar-refractivity contribution >= 4 is 39.6 Å². The summed E-state index contributed by atoms with van der Waals surface area (Å²) in [5.74, 6) is 0.149.